The van der Waals surface area contributed by atoms with Crippen LogP contribution in [0.3, 0.4) is 0 Å². The maximum atomic E-state index is 11.3. The van der Waals surface area contributed by atoms with Crippen LogP contribution in [0.4, 0.5) is 0 Å². The summed E-state index contributed by atoms with van der Waals surface area (Å²) in [5.74, 6) is 0.996. The Morgan fingerprint density at radius 1 is 1.35 bits per heavy atom. The lowest BCUT2D eigenvalue weighted by Crippen LogP contribution is -2.30. The predicted molar refractivity (Wildman–Crippen MR) is 69.0 cm³/mol. The van der Waals surface area contributed by atoms with E-state index in [0.717, 1.165) is 10.2 Å². The molecule has 1 fully saturated rings. The Hall–Kier alpha value is -0.620. The van der Waals surface area contributed by atoms with Gasteiger partial charge in [0.15, 0.2) is 9.84 Å². The van der Waals surface area contributed by atoms with Crippen molar-refractivity contribution in [1.82, 2.24) is 4.98 Å². The maximum Gasteiger partial charge on any atom is 0.213 e. The molecule has 0 bridgehead atoms. The Morgan fingerprint density at radius 3 is 2.59 bits per heavy atom. The van der Waals surface area contributed by atoms with Crippen molar-refractivity contribution in [1.29, 1.82) is 0 Å². The van der Waals surface area contributed by atoms with Crippen molar-refractivity contribution in [2.24, 2.45) is 0 Å². The molecule has 0 unspecified atom stereocenters. The summed E-state index contributed by atoms with van der Waals surface area (Å²) in [7, 11) is -2.83. The molecular formula is C11H14BrNO3S. The van der Waals surface area contributed by atoms with Crippen molar-refractivity contribution >= 4 is 25.8 Å². The van der Waals surface area contributed by atoms with Gasteiger partial charge < -0.3 is 4.74 Å². The van der Waals surface area contributed by atoms with Crippen LogP contribution in [0.2, 0.25) is 0 Å². The summed E-state index contributed by atoms with van der Waals surface area (Å²) in [6.07, 6.45) is 1.07. The van der Waals surface area contributed by atoms with Crippen LogP contribution in [-0.2, 0) is 9.84 Å². The van der Waals surface area contributed by atoms with Gasteiger partial charge in [0.25, 0.3) is 0 Å². The number of aromatic nitrogens is 1. The van der Waals surface area contributed by atoms with E-state index >= 15 is 0 Å². The number of hydrogen-bond acceptors (Lipinski definition) is 4. The SMILES string of the molecule is Cc1nc(OC2CCS(=O)(=O)CC2)ccc1Br. The molecule has 94 valence electrons. The second-order valence-electron chi connectivity index (χ2n) is 4.19. The van der Waals surface area contributed by atoms with Gasteiger partial charge in [0.05, 0.1) is 17.2 Å². The van der Waals surface area contributed by atoms with Gasteiger partial charge in [-0.25, -0.2) is 13.4 Å². The number of halogens is 1. The molecule has 2 rings (SSSR count). The van der Waals surface area contributed by atoms with E-state index < -0.39 is 9.84 Å². The molecule has 0 spiro atoms. The first-order valence-corrected chi connectivity index (χ1v) is 8.08. The van der Waals surface area contributed by atoms with Crippen LogP contribution in [0.5, 0.6) is 5.88 Å². The second-order valence-corrected chi connectivity index (χ2v) is 7.34. The molecule has 0 aromatic carbocycles. The van der Waals surface area contributed by atoms with Crippen molar-refractivity contribution in [3.63, 3.8) is 0 Å². The molecule has 2 heterocycles. The van der Waals surface area contributed by atoms with E-state index in [9.17, 15) is 8.42 Å². The van der Waals surface area contributed by atoms with E-state index in [2.05, 4.69) is 20.9 Å². The molecule has 0 N–H and O–H groups in total. The largest absolute Gasteiger partial charge is 0.474 e. The lowest BCUT2D eigenvalue weighted by molar-refractivity contribution is 0.181. The zero-order valence-corrected chi connectivity index (χ0v) is 11.9. The van der Waals surface area contributed by atoms with Crippen molar-refractivity contribution in [3.05, 3.63) is 22.3 Å². The zero-order valence-electron chi connectivity index (χ0n) is 9.52. The Bertz CT molecular complexity index is 501. The second kappa shape index (κ2) is 4.94. The number of nitrogens with zero attached hydrogens (tertiary/aromatic N) is 1. The minimum atomic E-state index is -2.83. The number of sulfone groups is 1. The minimum Gasteiger partial charge on any atom is -0.474 e. The predicted octanol–water partition coefficient (Wildman–Crippen LogP) is 2.11. The molecule has 0 aliphatic carbocycles. The highest BCUT2D eigenvalue weighted by atomic mass is 79.9. The van der Waals surface area contributed by atoms with Gasteiger partial charge in [-0.3, -0.25) is 0 Å². The Morgan fingerprint density at radius 2 is 2.00 bits per heavy atom. The number of aryl methyl sites for hydroxylation is 1. The van der Waals surface area contributed by atoms with Gasteiger partial charge in [0, 0.05) is 10.5 Å². The third-order valence-electron chi connectivity index (χ3n) is 2.78. The quantitative estimate of drug-likeness (QED) is 0.837. The van der Waals surface area contributed by atoms with Gasteiger partial charge in [-0.05, 0) is 41.8 Å². The molecule has 1 aliphatic rings. The van der Waals surface area contributed by atoms with E-state index in [-0.39, 0.29) is 17.6 Å². The lowest BCUT2D eigenvalue weighted by atomic mass is 10.2. The topological polar surface area (TPSA) is 56.3 Å². The average Bonchev–Trinajstić information content (AvgIpc) is 2.27. The molecular weight excluding hydrogens is 306 g/mol. The van der Waals surface area contributed by atoms with Crippen LogP contribution in [0.15, 0.2) is 16.6 Å². The van der Waals surface area contributed by atoms with E-state index in [1.807, 2.05) is 13.0 Å². The highest BCUT2D eigenvalue weighted by Gasteiger charge is 2.25. The van der Waals surface area contributed by atoms with Gasteiger partial charge >= 0.3 is 0 Å². The van der Waals surface area contributed by atoms with Crippen LogP contribution in [0.25, 0.3) is 0 Å². The van der Waals surface area contributed by atoms with E-state index in [0.29, 0.717) is 18.7 Å². The first-order chi connectivity index (χ1) is 7.96. The minimum absolute atomic E-state index is 0.0356. The van der Waals surface area contributed by atoms with Gasteiger partial charge in [0.1, 0.15) is 6.10 Å². The van der Waals surface area contributed by atoms with Crippen molar-refractivity contribution in [3.8, 4) is 5.88 Å². The van der Waals surface area contributed by atoms with Crippen LogP contribution in [0, 0.1) is 6.92 Å². The Labute approximate surface area is 109 Å². The van der Waals surface area contributed by atoms with Crippen LogP contribution >= 0.6 is 15.9 Å². The lowest BCUT2D eigenvalue weighted by Gasteiger charge is -2.22. The summed E-state index contributed by atoms with van der Waals surface area (Å²) in [6, 6.07) is 3.68. The Kier molecular flexibility index (Phi) is 3.73. The number of pyridine rings is 1. The van der Waals surface area contributed by atoms with Crippen LogP contribution < -0.4 is 4.74 Å². The fraction of sp³-hybridized carbons (Fsp3) is 0.545. The highest BCUT2D eigenvalue weighted by molar-refractivity contribution is 9.10. The maximum absolute atomic E-state index is 11.3. The standard InChI is InChI=1S/C11H14BrNO3S/c1-8-10(12)2-3-11(13-8)16-9-4-6-17(14,15)7-5-9/h2-3,9H,4-7H2,1H3. The summed E-state index contributed by atoms with van der Waals surface area (Å²) in [5, 5.41) is 0. The summed E-state index contributed by atoms with van der Waals surface area (Å²) in [6.45, 7) is 1.89. The van der Waals surface area contributed by atoms with Gasteiger partial charge in [-0.1, -0.05) is 0 Å². The summed E-state index contributed by atoms with van der Waals surface area (Å²) < 4.78 is 29.2. The third-order valence-corrected chi connectivity index (χ3v) is 5.34. The molecule has 1 saturated heterocycles. The smallest absolute Gasteiger partial charge is 0.213 e. The van der Waals surface area contributed by atoms with Crippen LogP contribution in [-0.4, -0.2) is 31.0 Å². The summed E-state index contributed by atoms with van der Waals surface area (Å²) in [5.41, 5.74) is 0.867. The van der Waals surface area contributed by atoms with Gasteiger partial charge in [-0.15, -0.1) is 0 Å². The van der Waals surface area contributed by atoms with Gasteiger partial charge in [0.2, 0.25) is 5.88 Å². The zero-order chi connectivity index (χ0) is 12.5. The van der Waals surface area contributed by atoms with Gasteiger partial charge in [-0.2, -0.15) is 0 Å². The third kappa shape index (κ3) is 3.42. The van der Waals surface area contributed by atoms with E-state index in [1.54, 1.807) is 6.07 Å². The summed E-state index contributed by atoms with van der Waals surface area (Å²) in [4.78, 5) is 4.28. The monoisotopic (exact) mass is 319 g/mol. The molecule has 0 atom stereocenters. The molecule has 6 heteroatoms. The molecule has 0 saturated carbocycles. The normalized spacial score (nSPS) is 20.1. The van der Waals surface area contributed by atoms with E-state index in [1.165, 1.54) is 0 Å². The first kappa shape index (κ1) is 12.8. The highest BCUT2D eigenvalue weighted by Crippen LogP contribution is 2.21. The molecule has 0 amide bonds. The number of hydrogen-bond donors (Lipinski definition) is 0. The van der Waals surface area contributed by atoms with Crippen molar-refractivity contribution in [2.75, 3.05) is 11.5 Å². The number of ether oxygens (including phenoxy) is 1. The Balaban J connectivity index is 2.00. The van der Waals surface area contributed by atoms with Crippen LogP contribution in [0.1, 0.15) is 18.5 Å². The molecule has 0 radical (unpaired) electrons. The van der Waals surface area contributed by atoms with Crippen molar-refractivity contribution < 1.29 is 13.2 Å². The number of rotatable bonds is 2. The fourth-order valence-electron chi connectivity index (χ4n) is 1.74. The van der Waals surface area contributed by atoms with E-state index in [4.69, 9.17) is 4.74 Å². The average molecular weight is 320 g/mol. The van der Waals surface area contributed by atoms with Crippen molar-refractivity contribution in [2.45, 2.75) is 25.9 Å². The molecule has 1 aliphatic heterocycles. The molecule has 1 aromatic heterocycles. The molecule has 17 heavy (non-hydrogen) atoms. The molecule has 1 aromatic rings. The first-order valence-electron chi connectivity index (χ1n) is 5.46. The fourth-order valence-corrected chi connectivity index (χ4v) is 3.41. The summed E-state index contributed by atoms with van der Waals surface area (Å²) >= 11 is 3.37. The molecule has 4 nitrogen and oxygen atoms in total.